The number of amides is 1. The number of aliphatic carboxylic acids is 2. The van der Waals surface area contributed by atoms with E-state index in [-0.39, 0.29) is 18.6 Å². The normalized spacial score (nSPS) is 14.6. The van der Waals surface area contributed by atoms with Gasteiger partial charge in [-0.1, -0.05) is 0 Å². The zero-order valence-electron chi connectivity index (χ0n) is 11.5. The first-order chi connectivity index (χ1) is 10.3. The topological polar surface area (TPSA) is 191 Å². The SMILES string of the molecule is N[C@@H](CC[C@H](O)N[C@@H](CSN=O)C(=O)NCC(=O)O)C(=O)O. The van der Waals surface area contributed by atoms with Crippen LogP contribution in [-0.2, 0) is 14.4 Å². The van der Waals surface area contributed by atoms with Gasteiger partial charge in [0, 0.05) is 22.3 Å². The molecule has 11 nitrogen and oxygen atoms in total. The van der Waals surface area contributed by atoms with Gasteiger partial charge in [-0.15, -0.1) is 4.91 Å². The predicted molar refractivity (Wildman–Crippen MR) is 76.7 cm³/mol. The Morgan fingerprint density at radius 1 is 1.23 bits per heavy atom. The fourth-order valence-electron chi connectivity index (χ4n) is 1.37. The molecule has 0 saturated carbocycles. The summed E-state index contributed by atoms with van der Waals surface area (Å²) in [4.78, 5) is 42.7. The zero-order chi connectivity index (χ0) is 17.1. The molecule has 0 heterocycles. The van der Waals surface area contributed by atoms with Gasteiger partial charge in [-0.3, -0.25) is 19.7 Å². The highest BCUT2D eigenvalue weighted by molar-refractivity contribution is 7.97. The molecule has 0 bridgehead atoms. The van der Waals surface area contributed by atoms with Gasteiger partial charge in [-0.2, -0.15) is 0 Å². The molecule has 12 heteroatoms. The van der Waals surface area contributed by atoms with Crippen LogP contribution in [0.15, 0.2) is 4.58 Å². The molecule has 126 valence electrons. The first-order valence-corrected chi connectivity index (χ1v) is 7.08. The van der Waals surface area contributed by atoms with Gasteiger partial charge in [0.25, 0.3) is 0 Å². The Balaban J connectivity index is 4.42. The molecule has 1 amide bonds. The van der Waals surface area contributed by atoms with Crippen LogP contribution in [0.25, 0.3) is 0 Å². The van der Waals surface area contributed by atoms with E-state index in [1.54, 1.807) is 0 Å². The maximum Gasteiger partial charge on any atom is 0.322 e. The highest BCUT2D eigenvalue weighted by Gasteiger charge is 2.23. The number of rotatable bonds is 12. The maximum atomic E-state index is 11.7. The standard InChI is InChI=1S/C10H18N4O7S/c11-5(10(19)20)1-2-7(15)13-6(4-22-14-21)9(18)12-3-8(16)17/h5-7,13,15H,1-4,11H2,(H,12,18)(H,16,17)(H,19,20)/t5-,6-,7-/m0/s1. The maximum absolute atomic E-state index is 11.7. The van der Waals surface area contributed by atoms with E-state index in [1.165, 1.54) is 0 Å². The third-order valence-corrected chi connectivity index (χ3v) is 3.07. The van der Waals surface area contributed by atoms with Crippen LogP contribution in [0, 0.1) is 4.91 Å². The van der Waals surface area contributed by atoms with Gasteiger partial charge in [0.05, 0.1) is 6.04 Å². The van der Waals surface area contributed by atoms with E-state index in [9.17, 15) is 24.4 Å². The number of nitrogens with two attached hydrogens (primary N) is 1. The summed E-state index contributed by atoms with van der Waals surface area (Å²) in [6, 6.07) is -2.22. The molecule has 0 radical (unpaired) electrons. The molecule has 0 aromatic heterocycles. The summed E-state index contributed by atoms with van der Waals surface area (Å²) in [5.41, 5.74) is 5.27. The smallest absolute Gasteiger partial charge is 0.322 e. The van der Waals surface area contributed by atoms with Crippen molar-refractivity contribution in [3.63, 3.8) is 0 Å². The number of carbonyl (C=O) groups is 3. The molecule has 3 atom stereocenters. The summed E-state index contributed by atoms with van der Waals surface area (Å²) in [5.74, 6) is -3.33. The molecule has 0 aromatic rings. The second kappa shape index (κ2) is 10.9. The highest BCUT2D eigenvalue weighted by atomic mass is 32.2. The molecule has 0 unspecified atom stereocenters. The molecular formula is C10H18N4O7S. The minimum atomic E-state index is -1.25. The van der Waals surface area contributed by atoms with Crippen LogP contribution in [-0.4, -0.2) is 63.8 Å². The summed E-state index contributed by atoms with van der Waals surface area (Å²) >= 11 is 0.519. The van der Waals surface area contributed by atoms with E-state index < -0.39 is 42.7 Å². The molecular weight excluding hydrogens is 320 g/mol. The van der Waals surface area contributed by atoms with Crippen LogP contribution in [0.4, 0.5) is 0 Å². The van der Waals surface area contributed by atoms with Crippen molar-refractivity contribution in [3.8, 4) is 0 Å². The molecule has 22 heavy (non-hydrogen) atoms. The zero-order valence-corrected chi connectivity index (χ0v) is 12.3. The Morgan fingerprint density at radius 2 is 1.86 bits per heavy atom. The predicted octanol–water partition coefficient (Wildman–Crippen LogP) is -1.93. The lowest BCUT2D eigenvalue weighted by Crippen LogP contribution is -2.51. The van der Waals surface area contributed by atoms with E-state index in [0.717, 1.165) is 0 Å². The number of nitroso groups, excluding NO2 is 1. The minimum Gasteiger partial charge on any atom is -0.480 e. The lowest BCUT2D eigenvalue weighted by molar-refractivity contribution is -0.139. The summed E-state index contributed by atoms with van der Waals surface area (Å²) < 4.78 is 2.51. The fourth-order valence-corrected chi connectivity index (χ4v) is 1.82. The summed E-state index contributed by atoms with van der Waals surface area (Å²) in [6.45, 7) is -0.615. The van der Waals surface area contributed by atoms with Crippen molar-refractivity contribution >= 4 is 29.8 Å². The van der Waals surface area contributed by atoms with Crippen molar-refractivity contribution in [3.05, 3.63) is 4.91 Å². The van der Waals surface area contributed by atoms with Crippen molar-refractivity contribution in [2.45, 2.75) is 31.2 Å². The molecule has 0 fully saturated rings. The average Bonchev–Trinajstić information content (AvgIpc) is 2.46. The van der Waals surface area contributed by atoms with Crippen LogP contribution in [0.5, 0.6) is 0 Å². The van der Waals surface area contributed by atoms with Crippen molar-refractivity contribution in [2.75, 3.05) is 12.3 Å². The van der Waals surface area contributed by atoms with Gasteiger partial charge >= 0.3 is 11.9 Å². The van der Waals surface area contributed by atoms with Crippen LogP contribution in [0.1, 0.15) is 12.8 Å². The van der Waals surface area contributed by atoms with Gasteiger partial charge in [0.15, 0.2) is 0 Å². The number of hydrogen-bond acceptors (Lipinski definition) is 9. The number of nitrogens with one attached hydrogen (secondary N) is 2. The van der Waals surface area contributed by atoms with Gasteiger partial charge < -0.3 is 26.4 Å². The minimum absolute atomic E-state index is 0.0357. The number of carboxylic acids is 2. The summed E-state index contributed by atoms with van der Waals surface area (Å²) in [5, 5.41) is 31.3. The first-order valence-electron chi connectivity index (χ1n) is 6.14. The number of nitrogens with zero attached hydrogens (tertiary/aromatic N) is 1. The molecule has 0 spiro atoms. The molecule has 7 N–H and O–H groups in total. The lowest BCUT2D eigenvalue weighted by atomic mass is 10.1. The van der Waals surface area contributed by atoms with Crippen LogP contribution >= 0.6 is 11.9 Å². The van der Waals surface area contributed by atoms with Gasteiger partial charge in [0.1, 0.15) is 18.8 Å². The average molecular weight is 338 g/mol. The molecule has 0 aliphatic rings. The molecule has 0 rings (SSSR count). The van der Waals surface area contributed by atoms with Crippen molar-refractivity contribution < 1.29 is 29.7 Å². The van der Waals surface area contributed by atoms with E-state index in [0.29, 0.717) is 11.9 Å². The second-order valence-electron chi connectivity index (χ2n) is 4.24. The number of carbonyl (C=O) groups excluding carboxylic acids is 1. The summed E-state index contributed by atoms with van der Waals surface area (Å²) in [6.07, 6.45) is -1.33. The monoisotopic (exact) mass is 338 g/mol. The summed E-state index contributed by atoms with van der Waals surface area (Å²) in [7, 11) is 0. The molecule has 0 aliphatic carbocycles. The Kier molecular flexibility index (Phi) is 10.0. The third-order valence-electron chi connectivity index (χ3n) is 2.49. The number of aliphatic hydroxyl groups is 1. The number of aliphatic hydroxyl groups excluding tert-OH is 1. The Bertz CT molecular complexity index is 409. The van der Waals surface area contributed by atoms with Gasteiger partial charge in [-0.05, 0) is 12.8 Å². The molecule has 0 aliphatic heterocycles. The van der Waals surface area contributed by atoms with Crippen molar-refractivity contribution in [1.29, 1.82) is 0 Å². The van der Waals surface area contributed by atoms with Crippen molar-refractivity contribution in [2.24, 2.45) is 10.3 Å². The Labute approximate surface area is 129 Å². The largest absolute Gasteiger partial charge is 0.480 e. The quantitative estimate of drug-likeness (QED) is 0.133. The van der Waals surface area contributed by atoms with Crippen LogP contribution in [0.3, 0.4) is 0 Å². The van der Waals surface area contributed by atoms with E-state index in [1.807, 2.05) is 0 Å². The number of hydrogen-bond donors (Lipinski definition) is 6. The van der Waals surface area contributed by atoms with Crippen LogP contribution in [0.2, 0.25) is 0 Å². The third kappa shape index (κ3) is 9.23. The molecule has 0 saturated heterocycles. The van der Waals surface area contributed by atoms with E-state index in [2.05, 4.69) is 15.2 Å². The number of carboxylic acid groups (broad SMARTS) is 2. The van der Waals surface area contributed by atoms with Gasteiger partial charge in [-0.25, -0.2) is 0 Å². The highest BCUT2D eigenvalue weighted by Crippen LogP contribution is 2.06. The van der Waals surface area contributed by atoms with Crippen LogP contribution < -0.4 is 16.4 Å². The Morgan fingerprint density at radius 3 is 2.36 bits per heavy atom. The fraction of sp³-hybridized carbons (Fsp3) is 0.700. The Hall–Kier alpha value is -1.76. The van der Waals surface area contributed by atoms with E-state index >= 15 is 0 Å². The first kappa shape index (κ1) is 20.2. The van der Waals surface area contributed by atoms with E-state index in [4.69, 9.17) is 15.9 Å². The van der Waals surface area contributed by atoms with Crippen molar-refractivity contribution in [1.82, 2.24) is 10.6 Å². The molecule has 0 aromatic carbocycles. The lowest BCUT2D eigenvalue weighted by Gasteiger charge is -2.21. The van der Waals surface area contributed by atoms with Gasteiger partial charge in [0.2, 0.25) is 5.91 Å². The second-order valence-corrected chi connectivity index (χ2v) is 4.98.